The molecule has 0 spiro atoms. The second kappa shape index (κ2) is 18.3. The molecule has 1 fully saturated rings. The Morgan fingerprint density at radius 1 is 0.837 bits per heavy atom. The Hall–Kier alpha value is -3.79. The van der Waals surface area contributed by atoms with Gasteiger partial charge in [0.25, 0.3) is 11.8 Å². The Kier molecular flexibility index (Phi) is 14.2. The lowest BCUT2D eigenvalue weighted by molar-refractivity contribution is -0.133. The smallest absolute Gasteiger partial charge is 0.266 e. The second-order valence-electron chi connectivity index (χ2n) is 12.2. The van der Waals surface area contributed by atoms with Crippen molar-refractivity contribution in [1.29, 1.82) is 0 Å². The minimum Gasteiger partial charge on any atom is -0.462 e. The molecule has 2 aliphatic rings. The molecule has 7 nitrogen and oxygen atoms in total. The van der Waals surface area contributed by atoms with E-state index in [2.05, 4.69) is 68.2 Å². The van der Waals surface area contributed by atoms with Crippen molar-refractivity contribution in [1.82, 2.24) is 9.80 Å². The number of thiophene rings is 1. The van der Waals surface area contributed by atoms with Crippen LogP contribution in [0.5, 0.6) is 0 Å². The van der Waals surface area contributed by atoms with E-state index in [9.17, 15) is 14.7 Å². The van der Waals surface area contributed by atoms with E-state index in [1.54, 1.807) is 23.5 Å². The number of aliphatic hydroxyl groups excluding tert-OH is 1. The molecule has 2 aliphatic heterocycles. The molecule has 9 heteroatoms. The van der Waals surface area contributed by atoms with Gasteiger partial charge in [0.05, 0.1) is 6.61 Å². The first-order valence-electron chi connectivity index (χ1n) is 17.7. The van der Waals surface area contributed by atoms with E-state index in [4.69, 9.17) is 17.0 Å². The van der Waals surface area contributed by atoms with Crippen LogP contribution in [0.15, 0.2) is 65.2 Å². The number of likely N-dealkylation sites (N-methyl/N-ethyl adjacent to an activating group) is 3. The van der Waals surface area contributed by atoms with Crippen LogP contribution in [-0.2, 0) is 27.2 Å². The van der Waals surface area contributed by atoms with Gasteiger partial charge in [0.2, 0.25) is 0 Å². The third-order valence-corrected chi connectivity index (χ3v) is 10.5. The Balaban J connectivity index is 1.71. The molecule has 0 radical (unpaired) electrons. The van der Waals surface area contributed by atoms with Crippen molar-refractivity contribution in [3.8, 4) is 0 Å². The summed E-state index contributed by atoms with van der Waals surface area (Å²) in [6, 6.07) is 8.50. The molecule has 0 unspecified atom stereocenters. The summed E-state index contributed by atoms with van der Waals surface area (Å²) in [4.78, 5) is 34.5. The van der Waals surface area contributed by atoms with Crippen LogP contribution < -0.4 is 4.90 Å². The molecule has 0 bridgehead atoms. The number of nitrogens with zero attached hydrogens (tertiary/aromatic N) is 3. The van der Waals surface area contributed by atoms with Crippen molar-refractivity contribution in [3.05, 3.63) is 91.6 Å². The number of benzene rings is 1. The van der Waals surface area contributed by atoms with E-state index < -0.39 is 0 Å². The number of aliphatic hydroxyl groups is 1. The summed E-state index contributed by atoms with van der Waals surface area (Å²) in [5.74, 6) is 0.440. The molecule has 1 N–H and O–H groups in total. The van der Waals surface area contributed by atoms with Gasteiger partial charge in [-0.1, -0.05) is 44.9 Å². The molecule has 2 aromatic rings. The van der Waals surface area contributed by atoms with E-state index >= 15 is 0 Å². The molecule has 1 saturated heterocycles. The Bertz CT molecular complexity index is 1630. The molecule has 0 aliphatic carbocycles. The summed E-state index contributed by atoms with van der Waals surface area (Å²) in [5, 5.41) is 9.66. The number of rotatable bonds is 16. The molecule has 1 aromatic carbocycles. The summed E-state index contributed by atoms with van der Waals surface area (Å²) in [5.41, 5.74) is 5.69. The zero-order valence-electron chi connectivity index (χ0n) is 29.9. The van der Waals surface area contributed by atoms with Crippen molar-refractivity contribution in [3.63, 3.8) is 0 Å². The van der Waals surface area contributed by atoms with Gasteiger partial charge in [-0.05, 0) is 130 Å². The van der Waals surface area contributed by atoms with Crippen LogP contribution in [0.1, 0.15) is 93.7 Å². The fraction of sp³-hybridized carbons (Fsp3) is 0.425. The number of allylic oxidation sites excluding steroid dienone is 5. The maximum atomic E-state index is 13.5. The lowest BCUT2D eigenvalue weighted by Crippen LogP contribution is -2.56. The van der Waals surface area contributed by atoms with Crippen LogP contribution in [-0.4, -0.2) is 64.6 Å². The minimum atomic E-state index is -0.373. The third kappa shape index (κ3) is 9.07. The number of thiocarbonyl (C=S) groups is 1. The molecule has 3 heterocycles. The van der Waals surface area contributed by atoms with Crippen molar-refractivity contribution in [2.24, 2.45) is 0 Å². The molecule has 49 heavy (non-hydrogen) atoms. The molecule has 2 amide bonds. The van der Waals surface area contributed by atoms with Crippen LogP contribution in [0.3, 0.4) is 0 Å². The highest BCUT2D eigenvalue weighted by atomic mass is 32.1. The summed E-state index contributed by atoms with van der Waals surface area (Å²) in [6.45, 7) is 14.5. The van der Waals surface area contributed by atoms with Gasteiger partial charge in [-0.3, -0.25) is 19.4 Å². The normalized spacial score (nSPS) is 15.5. The quantitative estimate of drug-likeness (QED) is 0.108. The number of amides is 2. The predicted molar refractivity (Wildman–Crippen MR) is 208 cm³/mol. The van der Waals surface area contributed by atoms with Gasteiger partial charge >= 0.3 is 0 Å². The predicted octanol–water partition coefficient (Wildman–Crippen LogP) is 8.55. The highest BCUT2D eigenvalue weighted by Crippen LogP contribution is 2.35. The zero-order valence-corrected chi connectivity index (χ0v) is 31.5. The van der Waals surface area contributed by atoms with E-state index in [0.717, 1.165) is 56.3 Å². The number of carbonyl (C=O) groups excluding carboxylic acids is 2. The van der Waals surface area contributed by atoms with E-state index in [-0.39, 0.29) is 29.1 Å². The highest BCUT2D eigenvalue weighted by molar-refractivity contribution is 7.80. The average molecular weight is 702 g/mol. The van der Waals surface area contributed by atoms with Crippen molar-refractivity contribution >= 4 is 64.4 Å². The summed E-state index contributed by atoms with van der Waals surface area (Å²) < 4.78 is 6.10. The van der Waals surface area contributed by atoms with E-state index in [1.165, 1.54) is 30.7 Å². The highest BCUT2D eigenvalue weighted by Gasteiger charge is 2.39. The van der Waals surface area contributed by atoms with Crippen LogP contribution in [0.2, 0.25) is 0 Å². The molecule has 1 aromatic heterocycles. The van der Waals surface area contributed by atoms with Gasteiger partial charge in [0, 0.05) is 41.6 Å². The molecule has 0 atom stereocenters. The Labute approximate surface area is 301 Å². The lowest BCUT2D eigenvalue weighted by Gasteiger charge is -2.36. The Morgan fingerprint density at radius 3 is 1.92 bits per heavy atom. The summed E-state index contributed by atoms with van der Waals surface area (Å²) in [7, 11) is 0. The maximum Gasteiger partial charge on any atom is 0.266 e. The van der Waals surface area contributed by atoms with Gasteiger partial charge < -0.3 is 14.7 Å². The molecular formula is C40H51N3O4S2. The second-order valence-corrected chi connectivity index (χ2v) is 13.6. The minimum absolute atomic E-state index is 0.115. The summed E-state index contributed by atoms with van der Waals surface area (Å²) >= 11 is 7.26. The van der Waals surface area contributed by atoms with Gasteiger partial charge in [0.15, 0.2) is 5.11 Å². The molecular weight excluding hydrogens is 651 g/mol. The van der Waals surface area contributed by atoms with Crippen molar-refractivity contribution in [2.75, 3.05) is 37.7 Å². The topological polar surface area (TPSA) is 73.3 Å². The first-order chi connectivity index (χ1) is 23.7. The van der Waals surface area contributed by atoms with Gasteiger partial charge in [-0.15, -0.1) is 11.3 Å². The molecule has 4 rings (SSSR count). The van der Waals surface area contributed by atoms with Crippen molar-refractivity contribution in [2.45, 2.75) is 80.1 Å². The Morgan fingerprint density at radius 2 is 1.41 bits per heavy atom. The van der Waals surface area contributed by atoms with Gasteiger partial charge in [-0.2, -0.15) is 0 Å². The van der Waals surface area contributed by atoms with E-state index in [1.807, 2.05) is 26.8 Å². The number of ether oxygens (including phenoxy) is 1. The number of hydrogen-bond donors (Lipinski definition) is 1. The monoisotopic (exact) mass is 701 g/mol. The zero-order chi connectivity index (χ0) is 35.5. The fourth-order valence-corrected chi connectivity index (χ4v) is 7.78. The van der Waals surface area contributed by atoms with Crippen LogP contribution in [0.4, 0.5) is 5.69 Å². The fourth-order valence-electron chi connectivity index (χ4n) is 6.15. The number of hydrogen-bond acceptors (Lipinski definition) is 7. The number of carbonyl (C=O) groups is 2. The first kappa shape index (κ1) is 38.0. The third-order valence-electron chi connectivity index (χ3n) is 8.81. The summed E-state index contributed by atoms with van der Waals surface area (Å²) in [6.07, 6.45) is 18.5. The molecule has 262 valence electrons. The van der Waals surface area contributed by atoms with E-state index in [0.29, 0.717) is 36.7 Å². The van der Waals surface area contributed by atoms with Crippen molar-refractivity contribution < 1.29 is 19.4 Å². The van der Waals surface area contributed by atoms with Gasteiger partial charge in [-0.25, -0.2) is 0 Å². The SMILES string of the molecule is CCCCc1c(/C=C/C2=CC(=C3C(=O)N(CC)C(=S)N(CC)C3=O)C=C(C)O2)sc(/C=C/c2ccc(N(CC)CCO)cc2)c1CCCC. The average Bonchev–Trinajstić information content (AvgIpc) is 3.42. The number of anilines is 1. The van der Waals surface area contributed by atoms with Crippen LogP contribution >= 0.6 is 23.6 Å². The van der Waals surface area contributed by atoms with Crippen LogP contribution in [0, 0.1) is 0 Å². The van der Waals surface area contributed by atoms with Crippen LogP contribution in [0.25, 0.3) is 18.2 Å². The molecule has 0 saturated carbocycles. The first-order valence-corrected chi connectivity index (χ1v) is 18.9. The largest absolute Gasteiger partial charge is 0.462 e. The van der Waals surface area contributed by atoms with Gasteiger partial charge in [0.1, 0.15) is 17.1 Å². The lowest BCUT2D eigenvalue weighted by atomic mass is 9.97. The standard InChI is InChI=1S/C40H51N3O4S2/c1-7-12-14-33-34(15-13-8-2)36(49-35(33)22-18-29-16-19-31(20-17-29)41(9-3)24-25-44)23-21-32-27-30(26-28(6)47-32)37-38(45)42(10-4)40(48)43(11-5)39(37)46/h16-23,26-27,44H,7-15,24-25H2,1-6H3/b22-18+,23-21+. The number of unbranched alkanes of at least 4 members (excludes halogenated alkanes) is 2. The maximum absolute atomic E-state index is 13.5.